The number of hydrogen-bond donors (Lipinski definition) is 3. The van der Waals surface area contributed by atoms with Crippen LogP contribution in [-0.2, 0) is 11.2 Å². The molecule has 2 fully saturated rings. The number of aliphatic hydroxyl groups is 1. The molecule has 0 aromatic carbocycles. The Morgan fingerprint density at radius 2 is 1.92 bits per heavy atom. The third-order valence-electron chi connectivity index (χ3n) is 7.92. The highest BCUT2D eigenvalue weighted by atomic mass is 35.5. The maximum Gasteiger partial charge on any atom is 0.418 e. The molecule has 0 radical (unpaired) electrons. The van der Waals surface area contributed by atoms with E-state index in [1.807, 2.05) is 24.3 Å². The molecule has 1 atom stereocenters. The van der Waals surface area contributed by atoms with E-state index in [1.54, 1.807) is 6.20 Å². The summed E-state index contributed by atoms with van der Waals surface area (Å²) in [6.07, 6.45) is 2.27. The number of ether oxygens (including phenoxy) is 1. The number of alkyl halides is 3. The zero-order valence-corrected chi connectivity index (χ0v) is 22.8. The minimum atomic E-state index is -4.66. The molecular formula is C28H35ClF3N5O2. The molecule has 0 amide bonds. The van der Waals surface area contributed by atoms with Crippen molar-refractivity contribution in [3.05, 3.63) is 41.2 Å². The highest BCUT2D eigenvalue weighted by molar-refractivity contribution is 6.33. The Labute approximate surface area is 232 Å². The molecule has 4 rings (SSSR count). The van der Waals surface area contributed by atoms with Crippen LogP contribution in [0.4, 0.5) is 19.0 Å². The van der Waals surface area contributed by atoms with Gasteiger partial charge in [-0.05, 0) is 76.0 Å². The van der Waals surface area contributed by atoms with Crippen molar-refractivity contribution in [2.75, 3.05) is 31.6 Å². The van der Waals surface area contributed by atoms with Crippen molar-refractivity contribution < 1.29 is 23.0 Å². The first-order valence-electron chi connectivity index (χ1n) is 13.4. The number of anilines is 1. The van der Waals surface area contributed by atoms with Crippen molar-refractivity contribution in [2.24, 2.45) is 11.3 Å². The van der Waals surface area contributed by atoms with Gasteiger partial charge in [0.2, 0.25) is 0 Å². The lowest BCUT2D eigenvalue weighted by Crippen LogP contribution is -2.52. The first kappa shape index (κ1) is 29.5. The monoisotopic (exact) mass is 565 g/mol. The van der Waals surface area contributed by atoms with Crippen LogP contribution < -0.4 is 10.6 Å². The summed E-state index contributed by atoms with van der Waals surface area (Å²) in [4.78, 5) is 9.25. The number of nitrogens with zero attached hydrogens (tertiary/aromatic N) is 3. The number of aromatic nitrogens is 2. The van der Waals surface area contributed by atoms with Crippen molar-refractivity contribution in [1.82, 2.24) is 15.3 Å². The summed E-state index contributed by atoms with van der Waals surface area (Å²) in [6, 6.07) is 10.0. The Morgan fingerprint density at radius 1 is 1.21 bits per heavy atom. The van der Waals surface area contributed by atoms with Gasteiger partial charge in [0.1, 0.15) is 5.82 Å². The predicted octanol–water partition coefficient (Wildman–Crippen LogP) is 5.53. The van der Waals surface area contributed by atoms with Crippen LogP contribution in [0, 0.1) is 22.7 Å². The third-order valence-corrected chi connectivity index (χ3v) is 8.22. The normalized spacial score (nSPS) is 23.0. The van der Waals surface area contributed by atoms with Crippen molar-refractivity contribution in [3.63, 3.8) is 0 Å². The summed E-state index contributed by atoms with van der Waals surface area (Å²) in [5.74, 6) is 1.02. The number of pyridine rings is 2. The Morgan fingerprint density at radius 3 is 2.59 bits per heavy atom. The quantitative estimate of drug-likeness (QED) is 0.367. The van der Waals surface area contributed by atoms with Crippen LogP contribution in [0.25, 0.3) is 11.3 Å². The maximum absolute atomic E-state index is 12.9. The van der Waals surface area contributed by atoms with Crippen molar-refractivity contribution in [3.8, 4) is 17.3 Å². The standard InChI is InChI=1S/C28H35ClF3N5O2/c1-26(38,28(30,31)32)17-35-20-7-5-19(6-8-20)13-21-14-22(23(29)15-34-21)24-3-2-4-25(37-24)36-18-27(16-33)9-11-39-12-10-27/h2-4,14-15,19-20,35,38H,5-13,17-18H2,1H3,(H,36,37). The number of rotatable bonds is 9. The summed E-state index contributed by atoms with van der Waals surface area (Å²) in [5, 5.41) is 26.1. The molecule has 0 bridgehead atoms. The Bertz CT molecular complexity index is 1160. The topological polar surface area (TPSA) is 103 Å². The van der Waals surface area contributed by atoms with Crippen LogP contribution in [0.1, 0.15) is 51.1 Å². The number of nitriles is 1. The molecule has 1 saturated carbocycles. The summed E-state index contributed by atoms with van der Waals surface area (Å²) in [7, 11) is 0. The summed E-state index contributed by atoms with van der Waals surface area (Å²) >= 11 is 6.50. The fourth-order valence-corrected chi connectivity index (χ4v) is 5.33. The van der Waals surface area contributed by atoms with Crippen LogP contribution in [0.3, 0.4) is 0 Å². The second kappa shape index (κ2) is 12.4. The van der Waals surface area contributed by atoms with Gasteiger partial charge in [-0.15, -0.1) is 0 Å². The van der Waals surface area contributed by atoms with Crippen LogP contribution in [0.15, 0.2) is 30.5 Å². The van der Waals surface area contributed by atoms with Gasteiger partial charge in [-0.25, -0.2) is 4.98 Å². The van der Waals surface area contributed by atoms with Gasteiger partial charge in [0, 0.05) is 49.8 Å². The Balaban J connectivity index is 1.34. The zero-order valence-electron chi connectivity index (χ0n) is 22.0. The van der Waals surface area contributed by atoms with E-state index >= 15 is 0 Å². The van der Waals surface area contributed by atoms with Crippen LogP contribution in [-0.4, -0.2) is 59.2 Å². The summed E-state index contributed by atoms with van der Waals surface area (Å²) < 4.78 is 44.1. The summed E-state index contributed by atoms with van der Waals surface area (Å²) in [5.41, 5.74) is -0.845. The molecule has 3 N–H and O–H groups in total. The molecule has 1 aliphatic carbocycles. The lowest BCUT2D eigenvalue weighted by Gasteiger charge is -2.33. The van der Waals surface area contributed by atoms with Gasteiger partial charge in [0.15, 0.2) is 5.60 Å². The van der Waals surface area contributed by atoms with Gasteiger partial charge in [-0.3, -0.25) is 4.98 Å². The molecule has 2 aromatic rings. The van der Waals surface area contributed by atoms with E-state index in [0.717, 1.165) is 50.3 Å². The fraction of sp³-hybridized carbons (Fsp3) is 0.607. The second-order valence-electron chi connectivity index (χ2n) is 11.0. The molecule has 2 aliphatic rings. The molecule has 11 heteroatoms. The second-order valence-corrected chi connectivity index (χ2v) is 11.4. The largest absolute Gasteiger partial charge is 0.418 e. The Hall–Kier alpha value is -2.45. The molecule has 2 aromatic heterocycles. The van der Waals surface area contributed by atoms with Crippen LogP contribution >= 0.6 is 11.6 Å². The lowest BCUT2D eigenvalue weighted by atomic mass is 9.82. The summed E-state index contributed by atoms with van der Waals surface area (Å²) in [6.45, 7) is 1.93. The lowest BCUT2D eigenvalue weighted by molar-refractivity contribution is -0.250. The highest BCUT2D eigenvalue weighted by Gasteiger charge is 2.49. The Kier molecular flexibility index (Phi) is 9.37. The van der Waals surface area contributed by atoms with Crippen molar-refractivity contribution in [2.45, 2.75) is 69.7 Å². The molecule has 0 spiro atoms. The molecule has 1 unspecified atom stereocenters. The van der Waals surface area contributed by atoms with Gasteiger partial charge in [-0.1, -0.05) is 17.7 Å². The molecular weight excluding hydrogens is 531 g/mol. The van der Waals surface area contributed by atoms with E-state index in [0.29, 0.717) is 55.1 Å². The number of hydrogen-bond acceptors (Lipinski definition) is 7. The SMILES string of the molecule is CC(O)(CNC1CCC(Cc2cc(-c3cccc(NCC4(C#N)CCOCC4)n3)c(Cl)cn2)CC1)C(F)(F)F. The molecule has 1 saturated heterocycles. The number of nitrogens with one attached hydrogen (secondary N) is 2. The first-order chi connectivity index (χ1) is 18.5. The fourth-order valence-electron chi connectivity index (χ4n) is 5.13. The molecule has 39 heavy (non-hydrogen) atoms. The minimum Gasteiger partial charge on any atom is -0.381 e. The average Bonchev–Trinajstić information content (AvgIpc) is 2.93. The smallest absolute Gasteiger partial charge is 0.381 e. The predicted molar refractivity (Wildman–Crippen MR) is 143 cm³/mol. The maximum atomic E-state index is 12.9. The number of halogens is 4. The molecule has 212 valence electrons. The van der Waals surface area contributed by atoms with E-state index < -0.39 is 23.7 Å². The highest BCUT2D eigenvalue weighted by Crippen LogP contribution is 2.34. The molecule has 1 aliphatic heterocycles. The van der Waals surface area contributed by atoms with E-state index in [-0.39, 0.29) is 6.04 Å². The van der Waals surface area contributed by atoms with Crippen molar-refractivity contribution >= 4 is 17.4 Å². The van der Waals surface area contributed by atoms with Crippen LogP contribution in [0.5, 0.6) is 0 Å². The van der Waals surface area contributed by atoms with Crippen molar-refractivity contribution in [1.29, 1.82) is 5.26 Å². The van der Waals surface area contributed by atoms with E-state index in [4.69, 9.17) is 21.3 Å². The zero-order chi connectivity index (χ0) is 28.1. The van der Waals surface area contributed by atoms with Gasteiger partial charge in [0.25, 0.3) is 0 Å². The van der Waals surface area contributed by atoms with Gasteiger partial charge >= 0.3 is 6.18 Å². The van der Waals surface area contributed by atoms with Crippen LogP contribution in [0.2, 0.25) is 5.02 Å². The van der Waals surface area contributed by atoms with Gasteiger partial charge in [-0.2, -0.15) is 18.4 Å². The van der Waals surface area contributed by atoms with E-state index in [1.165, 1.54) is 0 Å². The molecule has 7 nitrogen and oxygen atoms in total. The molecule has 3 heterocycles. The van der Waals surface area contributed by atoms with Gasteiger partial charge in [0.05, 0.1) is 22.2 Å². The third kappa shape index (κ3) is 7.60. The van der Waals surface area contributed by atoms with Gasteiger partial charge < -0.3 is 20.5 Å². The minimum absolute atomic E-state index is 0.0513. The first-order valence-corrected chi connectivity index (χ1v) is 13.8. The van der Waals surface area contributed by atoms with E-state index in [2.05, 4.69) is 21.7 Å². The van der Waals surface area contributed by atoms with E-state index in [9.17, 15) is 23.5 Å². The average molecular weight is 566 g/mol.